The molecule has 0 spiro atoms. The van der Waals surface area contributed by atoms with E-state index in [1.807, 2.05) is 4.57 Å². The van der Waals surface area contributed by atoms with Gasteiger partial charge in [0.15, 0.2) is 10.8 Å². The Morgan fingerprint density at radius 2 is 2.00 bits per heavy atom. The van der Waals surface area contributed by atoms with Gasteiger partial charge in [-0.15, -0.1) is 0 Å². The number of fused-ring (bicyclic) bond motifs is 1. The molecule has 92 valence electrons. The summed E-state index contributed by atoms with van der Waals surface area (Å²) in [6, 6.07) is 0. The summed E-state index contributed by atoms with van der Waals surface area (Å²) in [6.07, 6.45) is 3.25. The van der Waals surface area contributed by atoms with Crippen LogP contribution in [0.15, 0.2) is 12.7 Å². The van der Waals surface area contributed by atoms with Crippen molar-refractivity contribution in [1.82, 2.24) is 24.4 Å². The quantitative estimate of drug-likeness (QED) is 0.763. The highest BCUT2D eigenvalue weighted by Gasteiger charge is 2.08. The summed E-state index contributed by atoms with van der Waals surface area (Å²) >= 11 is 5.95. The summed E-state index contributed by atoms with van der Waals surface area (Å²) in [5.74, 6) is 0. The molecule has 0 N–H and O–H groups in total. The molecule has 0 saturated heterocycles. The Balaban J connectivity index is 2.17. The highest BCUT2D eigenvalue weighted by Crippen LogP contribution is 2.16. The van der Waals surface area contributed by atoms with Gasteiger partial charge >= 0.3 is 0 Å². The minimum absolute atomic E-state index is 0.414. The van der Waals surface area contributed by atoms with E-state index in [0.29, 0.717) is 10.7 Å². The lowest BCUT2D eigenvalue weighted by Crippen LogP contribution is -2.26. The molecule has 0 amide bonds. The Hall–Kier alpha value is -1.20. The second-order valence-electron chi connectivity index (χ2n) is 3.80. The van der Waals surface area contributed by atoms with Crippen LogP contribution in [0.3, 0.4) is 0 Å². The summed E-state index contributed by atoms with van der Waals surface area (Å²) < 4.78 is 2.02. The number of imidazole rings is 1. The first-order valence-corrected chi connectivity index (χ1v) is 6.17. The maximum absolute atomic E-state index is 5.95. The van der Waals surface area contributed by atoms with Crippen molar-refractivity contribution in [1.29, 1.82) is 0 Å². The van der Waals surface area contributed by atoms with Gasteiger partial charge in [-0.1, -0.05) is 25.4 Å². The van der Waals surface area contributed by atoms with Crippen molar-refractivity contribution in [3.8, 4) is 0 Å². The highest BCUT2D eigenvalue weighted by molar-refractivity contribution is 6.33. The molecule has 0 aliphatic heterocycles. The van der Waals surface area contributed by atoms with Crippen molar-refractivity contribution in [3.05, 3.63) is 17.8 Å². The molecular weight excluding hydrogens is 238 g/mol. The van der Waals surface area contributed by atoms with E-state index in [1.165, 1.54) is 6.33 Å². The summed E-state index contributed by atoms with van der Waals surface area (Å²) in [5, 5.41) is 0.414. The number of likely N-dealkylation sites (N-methyl/N-ethyl adjacent to an activating group) is 1. The molecule has 17 heavy (non-hydrogen) atoms. The molecule has 2 rings (SSSR count). The minimum Gasteiger partial charge on any atom is -0.314 e. The Bertz CT molecular complexity index is 492. The van der Waals surface area contributed by atoms with E-state index in [9.17, 15) is 0 Å². The van der Waals surface area contributed by atoms with Gasteiger partial charge in [0, 0.05) is 13.1 Å². The smallest absolute Gasteiger partial charge is 0.164 e. The Kier molecular flexibility index (Phi) is 3.91. The van der Waals surface area contributed by atoms with Crippen molar-refractivity contribution >= 4 is 22.8 Å². The lowest BCUT2D eigenvalue weighted by atomic mass is 10.4. The fourth-order valence-corrected chi connectivity index (χ4v) is 1.98. The molecule has 0 bridgehead atoms. The predicted octanol–water partition coefficient (Wildman–Crippen LogP) is 1.82. The van der Waals surface area contributed by atoms with Crippen molar-refractivity contribution < 1.29 is 0 Å². The third kappa shape index (κ3) is 2.56. The molecular formula is C11H16ClN5. The van der Waals surface area contributed by atoms with E-state index in [-0.39, 0.29) is 0 Å². The van der Waals surface area contributed by atoms with E-state index < -0.39 is 0 Å². The molecule has 5 nitrogen and oxygen atoms in total. The highest BCUT2D eigenvalue weighted by atomic mass is 35.5. The van der Waals surface area contributed by atoms with Gasteiger partial charge in [-0.2, -0.15) is 0 Å². The monoisotopic (exact) mass is 253 g/mol. The van der Waals surface area contributed by atoms with Gasteiger partial charge in [0.1, 0.15) is 11.8 Å². The van der Waals surface area contributed by atoms with Crippen LogP contribution in [0.1, 0.15) is 13.8 Å². The molecule has 2 aromatic rings. The first-order chi connectivity index (χ1) is 8.26. The fourth-order valence-electron chi connectivity index (χ4n) is 1.80. The van der Waals surface area contributed by atoms with Gasteiger partial charge in [0.25, 0.3) is 0 Å². The number of hydrogen-bond acceptors (Lipinski definition) is 4. The maximum Gasteiger partial charge on any atom is 0.164 e. The Morgan fingerprint density at radius 1 is 1.24 bits per heavy atom. The normalized spacial score (nSPS) is 11.5. The lowest BCUT2D eigenvalue weighted by molar-refractivity contribution is 0.291. The van der Waals surface area contributed by atoms with E-state index in [4.69, 9.17) is 11.6 Å². The second-order valence-corrected chi connectivity index (χ2v) is 4.16. The average Bonchev–Trinajstić information content (AvgIpc) is 2.75. The van der Waals surface area contributed by atoms with Crippen molar-refractivity contribution in [2.45, 2.75) is 20.4 Å². The number of aromatic nitrogens is 4. The molecule has 0 radical (unpaired) electrons. The van der Waals surface area contributed by atoms with Crippen LogP contribution in [0.2, 0.25) is 5.15 Å². The van der Waals surface area contributed by atoms with Crippen molar-refractivity contribution in [2.24, 2.45) is 0 Å². The zero-order valence-electron chi connectivity index (χ0n) is 10.1. The molecule has 6 heteroatoms. The Labute approximate surface area is 105 Å². The van der Waals surface area contributed by atoms with Gasteiger partial charge < -0.3 is 9.47 Å². The summed E-state index contributed by atoms with van der Waals surface area (Å²) in [5.41, 5.74) is 1.48. The topological polar surface area (TPSA) is 46.8 Å². The van der Waals surface area contributed by atoms with Crippen molar-refractivity contribution in [3.63, 3.8) is 0 Å². The molecule has 0 aromatic carbocycles. The molecule has 0 unspecified atom stereocenters. The van der Waals surface area contributed by atoms with Gasteiger partial charge in [0.05, 0.1) is 6.33 Å². The summed E-state index contributed by atoms with van der Waals surface area (Å²) in [7, 11) is 0. The van der Waals surface area contributed by atoms with E-state index >= 15 is 0 Å². The molecule has 2 heterocycles. The van der Waals surface area contributed by atoms with Crippen LogP contribution >= 0.6 is 11.6 Å². The fraction of sp³-hybridized carbons (Fsp3) is 0.545. The molecule has 0 fully saturated rings. The molecule has 0 saturated carbocycles. The second kappa shape index (κ2) is 5.42. The number of hydrogen-bond donors (Lipinski definition) is 0. The first-order valence-electron chi connectivity index (χ1n) is 5.80. The largest absolute Gasteiger partial charge is 0.314 e. The third-order valence-corrected chi connectivity index (χ3v) is 3.18. The molecule has 0 aliphatic rings. The van der Waals surface area contributed by atoms with E-state index in [1.54, 1.807) is 6.33 Å². The van der Waals surface area contributed by atoms with Crippen LogP contribution in [0.25, 0.3) is 11.2 Å². The van der Waals surface area contributed by atoms with E-state index in [0.717, 1.165) is 31.8 Å². The van der Waals surface area contributed by atoms with Crippen LogP contribution in [0.4, 0.5) is 0 Å². The van der Waals surface area contributed by atoms with E-state index in [2.05, 4.69) is 33.7 Å². The first kappa shape index (κ1) is 12.3. The van der Waals surface area contributed by atoms with Gasteiger partial charge in [-0.25, -0.2) is 15.0 Å². The molecule has 0 aliphatic carbocycles. The number of rotatable bonds is 5. The Morgan fingerprint density at radius 3 is 2.71 bits per heavy atom. The number of halogens is 1. The standard InChI is InChI=1S/C11H16ClN5/c1-3-16(4-2)5-6-17-8-15-9-10(12)13-7-14-11(9)17/h7-8H,3-6H2,1-2H3. The zero-order chi connectivity index (χ0) is 12.3. The molecule has 2 aromatic heterocycles. The van der Waals surface area contributed by atoms with Gasteiger partial charge in [-0.05, 0) is 13.1 Å². The van der Waals surface area contributed by atoms with Crippen LogP contribution in [0, 0.1) is 0 Å². The van der Waals surface area contributed by atoms with Gasteiger partial charge in [0.2, 0.25) is 0 Å². The van der Waals surface area contributed by atoms with Gasteiger partial charge in [-0.3, -0.25) is 0 Å². The maximum atomic E-state index is 5.95. The third-order valence-electron chi connectivity index (χ3n) is 2.91. The zero-order valence-corrected chi connectivity index (χ0v) is 10.9. The van der Waals surface area contributed by atoms with Crippen LogP contribution in [-0.2, 0) is 6.54 Å². The SMILES string of the molecule is CCN(CC)CCn1cnc2c(Cl)ncnc21. The minimum atomic E-state index is 0.414. The van der Waals surface area contributed by atoms with Crippen molar-refractivity contribution in [2.75, 3.05) is 19.6 Å². The summed E-state index contributed by atoms with van der Waals surface area (Å²) in [4.78, 5) is 14.7. The average molecular weight is 254 g/mol. The lowest BCUT2D eigenvalue weighted by Gasteiger charge is -2.17. The molecule has 0 atom stereocenters. The predicted molar refractivity (Wildman–Crippen MR) is 68.1 cm³/mol. The number of nitrogens with zero attached hydrogens (tertiary/aromatic N) is 5. The van der Waals surface area contributed by atoms with Crippen LogP contribution < -0.4 is 0 Å². The summed E-state index contributed by atoms with van der Waals surface area (Å²) in [6.45, 7) is 8.28. The van der Waals surface area contributed by atoms with Crippen LogP contribution in [-0.4, -0.2) is 44.1 Å². The van der Waals surface area contributed by atoms with Crippen LogP contribution in [0.5, 0.6) is 0 Å².